The molecule has 0 spiro atoms. The molecule has 1 aliphatic carbocycles. The molecule has 0 bridgehead atoms. The van der Waals surface area contributed by atoms with E-state index in [9.17, 15) is 14.9 Å². The summed E-state index contributed by atoms with van der Waals surface area (Å²) < 4.78 is 4.88. The van der Waals surface area contributed by atoms with Crippen LogP contribution >= 0.6 is 0 Å². The molecule has 1 aromatic heterocycles. The summed E-state index contributed by atoms with van der Waals surface area (Å²) in [6.07, 6.45) is 2.85. The molecule has 0 unspecified atom stereocenters. The number of hydrogen-bond donors (Lipinski definition) is 1. The number of aliphatic hydroxyl groups is 1. The number of amides is 1. The molecule has 0 atom stereocenters. The van der Waals surface area contributed by atoms with Crippen molar-refractivity contribution in [3.8, 4) is 0 Å². The molecule has 1 amide bonds. The van der Waals surface area contributed by atoms with Crippen molar-refractivity contribution in [2.45, 2.75) is 25.3 Å². The van der Waals surface area contributed by atoms with Crippen LogP contribution < -0.4 is 0 Å². The van der Waals surface area contributed by atoms with Crippen LogP contribution in [0.1, 0.15) is 29.8 Å². The van der Waals surface area contributed by atoms with E-state index in [1.54, 1.807) is 0 Å². The van der Waals surface area contributed by atoms with Crippen LogP contribution in [0.25, 0.3) is 0 Å². The average Bonchev–Trinajstić information content (AvgIpc) is 2.74. The summed E-state index contributed by atoms with van der Waals surface area (Å²) in [7, 11) is 0. The van der Waals surface area contributed by atoms with E-state index in [2.05, 4.69) is 0 Å². The third kappa shape index (κ3) is 2.35. The van der Waals surface area contributed by atoms with E-state index >= 15 is 0 Å². The van der Waals surface area contributed by atoms with Crippen molar-refractivity contribution < 1.29 is 19.2 Å². The maximum absolute atomic E-state index is 12.1. The van der Waals surface area contributed by atoms with Gasteiger partial charge in [0.2, 0.25) is 0 Å². The quantitative estimate of drug-likeness (QED) is 0.628. The molecule has 2 rings (SSSR count). The summed E-state index contributed by atoms with van der Waals surface area (Å²) in [5, 5.41) is 19.4. The summed E-state index contributed by atoms with van der Waals surface area (Å²) in [4.78, 5) is 23.4. The average molecular weight is 254 g/mol. The highest BCUT2D eigenvalue weighted by Gasteiger charge is 2.31. The zero-order valence-corrected chi connectivity index (χ0v) is 9.74. The first-order chi connectivity index (χ1) is 8.63. The number of rotatable bonds is 5. The van der Waals surface area contributed by atoms with Crippen LogP contribution in [-0.4, -0.2) is 40.0 Å². The van der Waals surface area contributed by atoms with E-state index in [0.29, 0.717) is 0 Å². The van der Waals surface area contributed by atoms with Gasteiger partial charge in [0.1, 0.15) is 4.92 Å². The van der Waals surface area contributed by atoms with Gasteiger partial charge in [-0.05, 0) is 25.3 Å². The van der Waals surface area contributed by atoms with Crippen molar-refractivity contribution in [1.29, 1.82) is 0 Å². The first-order valence-electron chi connectivity index (χ1n) is 5.79. The Labute approximate surface area is 103 Å². The molecule has 98 valence electrons. The van der Waals surface area contributed by atoms with E-state index in [-0.39, 0.29) is 25.0 Å². The molecule has 1 N–H and O–H groups in total. The normalized spacial score (nSPS) is 15.2. The van der Waals surface area contributed by atoms with E-state index in [4.69, 9.17) is 9.52 Å². The molecule has 0 aromatic carbocycles. The number of hydrogen-bond acceptors (Lipinski definition) is 5. The van der Waals surface area contributed by atoms with Gasteiger partial charge in [-0.3, -0.25) is 14.9 Å². The summed E-state index contributed by atoms with van der Waals surface area (Å²) in [6, 6.07) is 2.56. The van der Waals surface area contributed by atoms with E-state index in [0.717, 1.165) is 25.3 Å². The molecule has 1 aliphatic rings. The second-order valence-electron chi connectivity index (χ2n) is 4.20. The minimum atomic E-state index is -0.684. The smallest absolute Gasteiger partial charge is 0.395 e. The first kappa shape index (κ1) is 12.6. The van der Waals surface area contributed by atoms with E-state index < -0.39 is 16.7 Å². The molecule has 1 heterocycles. The van der Waals surface area contributed by atoms with Crippen molar-refractivity contribution in [3.05, 3.63) is 28.0 Å². The Hall–Kier alpha value is -1.89. The predicted octanol–water partition coefficient (Wildman–Crippen LogP) is 1.17. The first-order valence-corrected chi connectivity index (χ1v) is 5.79. The topological polar surface area (TPSA) is 96.8 Å². The molecule has 1 aromatic rings. The Morgan fingerprint density at radius 1 is 1.56 bits per heavy atom. The van der Waals surface area contributed by atoms with Crippen molar-refractivity contribution in [2.75, 3.05) is 13.2 Å². The fourth-order valence-corrected chi connectivity index (χ4v) is 1.94. The lowest BCUT2D eigenvalue weighted by molar-refractivity contribution is -0.402. The van der Waals surface area contributed by atoms with Gasteiger partial charge in [0.25, 0.3) is 5.91 Å². The Morgan fingerprint density at radius 3 is 2.72 bits per heavy atom. The highest BCUT2D eigenvalue weighted by atomic mass is 16.6. The largest absolute Gasteiger partial charge is 0.433 e. The van der Waals surface area contributed by atoms with Crippen molar-refractivity contribution in [1.82, 2.24) is 4.90 Å². The van der Waals surface area contributed by atoms with Crippen molar-refractivity contribution in [3.63, 3.8) is 0 Å². The summed E-state index contributed by atoms with van der Waals surface area (Å²) >= 11 is 0. The molecule has 1 fully saturated rings. The monoisotopic (exact) mass is 254 g/mol. The van der Waals surface area contributed by atoms with Gasteiger partial charge in [0.15, 0.2) is 5.76 Å². The summed E-state index contributed by atoms with van der Waals surface area (Å²) in [5.41, 5.74) is 0. The minimum absolute atomic E-state index is 0.0537. The van der Waals surface area contributed by atoms with Gasteiger partial charge in [0.05, 0.1) is 12.7 Å². The predicted molar refractivity (Wildman–Crippen MR) is 61.1 cm³/mol. The SMILES string of the molecule is O=C(c1ccc([N+](=O)[O-])o1)N(CCO)C1CCC1. The Balaban J connectivity index is 2.13. The lowest BCUT2D eigenvalue weighted by Gasteiger charge is -2.36. The standard InChI is InChI=1S/C11H14N2O5/c14-7-6-12(8-2-1-3-8)11(15)9-4-5-10(18-9)13(16)17/h4-5,8,14H,1-3,6-7H2. The molecular weight excluding hydrogens is 240 g/mol. The molecule has 7 nitrogen and oxygen atoms in total. The second-order valence-corrected chi connectivity index (χ2v) is 4.20. The molecule has 1 saturated carbocycles. The lowest BCUT2D eigenvalue weighted by atomic mass is 9.91. The zero-order valence-electron chi connectivity index (χ0n) is 9.74. The maximum Gasteiger partial charge on any atom is 0.433 e. The number of nitro groups is 1. The number of aliphatic hydroxyl groups excluding tert-OH is 1. The van der Waals surface area contributed by atoms with Crippen LogP contribution in [0.4, 0.5) is 5.88 Å². The lowest BCUT2D eigenvalue weighted by Crippen LogP contribution is -2.45. The van der Waals surface area contributed by atoms with Crippen LogP contribution in [0.5, 0.6) is 0 Å². The molecule has 7 heteroatoms. The molecule has 0 radical (unpaired) electrons. The van der Waals surface area contributed by atoms with E-state index in [1.807, 2.05) is 0 Å². The van der Waals surface area contributed by atoms with Gasteiger partial charge in [0, 0.05) is 12.6 Å². The highest BCUT2D eigenvalue weighted by molar-refractivity contribution is 5.92. The number of nitrogens with zero attached hydrogens (tertiary/aromatic N) is 2. The van der Waals surface area contributed by atoms with E-state index in [1.165, 1.54) is 11.0 Å². The van der Waals surface area contributed by atoms with Crippen molar-refractivity contribution >= 4 is 11.8 Å². The van der Waals surface area contributed by atoms with Crippen LogP contribution in [0.15, 0.2) is 16.5 Å². The van der Waals surface area contributed by atoms with Crippen LogP contribution in [0, 0.1) is 10.1 Å². The molecule has 0 aliphatic heterocycles. The van der Waals surface area contributed by atoms with Crippen LogP contribution in [0.3, 0.4) is 0 Å². The second kappa shape index (κ2) is 5.18. The van der Waals surface area contributed by atoms with Gasteiger partial charge in [-0.2, -0.15) is 0 Å². The van der Waals surface area contributed by atoms with Crippen LogP contribution in [-0.2, 0) is 0 Å². The highest BCUT2D eigenvalue weighted by Crippen LogP contribution is 2.27. The summed E-state index contributed by atoms with van der Waals surface area (Å²) in [6.45, 7) is 0.0863. The van der Waals surface area contributed by atoms with Crippen LogP contribution in [0.2, 0.25) is 0 Å². The number of carbonyl (C=O) groups is 1. The third-order valence-electron chi connectivity index (χ3n) is 3.10. The fourth-order valence-electron chi connectivity index (χ4n) is 1.94. The van der Waals surface area contributed by atoms with Gasteiger partial charge in [-0.15, -0.1) is 0 Å². The molecule has 0 saturated heterocycles. The summed E-state index contributed by atoms with van der Waals surface area (Å²) in [5.74, 6) is -0.903. The Bertz CT molecular complexity index is 452. The third-order valence-corrected chi connectivity index (χ3v) is 3.10. The van der Waals surface area contributed by atoms with Crippen molar-refractivity contribution in [2.24, 2.45) is 0 Å². The van der Waals surface area contributed by atoms with Gasteiger partial charge in [-0.25, -0.2) is 0 Å². The molecular formula is C11H14N2O5. The van der Waals surface area contributed by atoms with Gasteiger partial charge < -0.3 is 14.4 Å². The van der Waals surface area contributed by atoms with Gasteiger partial charge >= 0.3 is 5.88 Å². The number of carbonyl (C=O) groups excluding carboxylic acids is 1. The van der Waals surface area contributed by atoms with Gasteiger partial charge in [-0.1, -0.05) is 0 Å². The minimum Gasteiger partial charge on any atom is -0.395 e. The maximum atomic E-state index is 12.1. The molecule has 18 heavy (non-hydrogen) atoms. The Morgan fingerprint density at radius 2 is 2.28 bits per heavy atom. The number of furan rings is 1. The fraction of sp³-hybridized carbons (Fsp3) is 0.545. The zero-order chi connectivity index (χ0) is 13.1. The Kier molecular flexibility index (Phi) is 3.61.